The minimum absolute atomic E-state index is 0.0917. The SMILES string of the molecule is COC(=O)CCCC=CC[C@H]1[C@@H](O)CC(N=O)[C@@H]1CC[C@@H](O)CSc1ccccc1F. The zero-order valence-corrected chi connectivity index (χ0v) is 18.7. The number of rotatable bonds is 13. The van der Waals surface area contributed by atoms with Crippen molar-refractivity contribution in [2.24, 2.45) is 17.0 Å². The Bertz CT molecular complexity index is 732. The molecule has 0 bridgehead atoms. The van der Waals surface area contributed by atoms with E-state index in [1.54, 1.807) is 18.2 Å². The molecular weight excluding hydrogens is 421 g/mol. The van der Waals surface area contributed by atoms with Crippen LogP contribution in [0.2, 0.25) is 0 Å². The molecule has 1 aliphatic carbocycles. The molecule has 1 aromatic rings. The van der Waals surface area contributed by atoms with Crippen molar-refractivity contribution in [1.82, 2.24) is 0 Å². The number of hydrogen-bond acceptors (Lipinski definition) is 7. The maximum atomic E-state index is 13.7. The van der Waals surface area contributed by atoms with E-state index in [0.717, 1.165) is 6.42 Å². The number of nitrogens with zero attached hydrogens (tertiary/aromatic N) is 1. The fourth-order valence-electron chi connectivity index (χ4n) is 4.08. The molecule has 6 nitrogen and oxygen atoms in total. The second kappa shape index (κ2) is 13.6. The van der Waals surface area contributed by atoms with Gasteiger partial charge in [0.15, 0.2) is 0 Å². The molecule has 1 aliphatic rings. The Morgan fingerprint density at radius 3 is 2.84 bits per heavy atom. The Morgan fingerprint density at radius 2 is 2.13 bits per heavy atom. The lowest BCUT2D eigenvalue weighted by molar-refractivity contribution is -0.140. The lowest BCUT2D eigenvalue weighted by atomic mass is 9.85. The monoisotopic (exact) mass is 453 g/mol. The van der Waals surface area contributed by atoms with Crippen molar-refractivity contribution in [3.05, 3.63) is 47.1 Å². The van der Waals surface area contributed by atoms with Crippen LogP contribution >= 0.6 is 11.8 Å². The normalized spacial score (nSPS) is 24.4. The smallest absolute Gasteiger partial charge is 0.305 e. The Kier molecular flexibility index (Phi) is 11.2. The van der Waals surface area contributed by atoms with E-state index in [-0.39, 0.29) is 23.6 Å². The van der Waals surface area contributed by atoms with Crippen LogP contribution in [0.1, 0.15) is 44.9 Å². The summed E-state index contributed by atoms with van der Waals surface area (Å²) in [5.41, 5.74) is 0. The first kappa shape index (κ1) is 25.5. The number of aliphatic hydroxyl groups is 2. The fourth-order valence-corrected chi connectivity index (χ4v) is 5.00. The van der Waals surface area contributed by atoms with Crippen molar-refractivity contribution in [3.8, 4) is 0 Å². The molecule has 1 aromatic carbocycles. The van der Waals surface area contributed by atoms with Gasteiger partial charge in [0.1, 0.15) is 5.82 Å². The van der Waals surface area contributed by atoms with E-state index < -0.39 is 18.2 Å². The molecule has 2 rings (SSSR count). The van der Waals surface area contributed by atoms with E-state index in [1.165, 1.54) is 24.9 Å². The summed E-state index contributed by atoms with van der Waals surface area (Å²) >= 11 is 1.27. The van der Waals surface area contributed by atoms with E-state index in [2.05, 4.69) is 9.91 Å². The van der Waals surface area contributed by atoms with Gasteiger partial charge in [0, 0.05) is 17.1 Å². The van der Waals surface area contributed by atoms with Gasteiger partial charge in [0.2, 0.25) is 0 Å². The number of allylic oxidation sites excluding steroid dienone is 2. The lowest BCUT2D eigenvalue weighted by Crippen LogP contribution is -2.23. The standard InChI is InChI=1S/C23H32FNO5S/c1-30-23(28)11-5-3-2-4-8-18-17(20(25-29)14-21(18)27)13-12-16(26)15-31-22-10-7-6-9-19(22)24/h2,4,6-7,9-10,16-18,20-21,26-27H,3,5,8,11-15H2,1H3/t16-,17-,18-,20?,21+/m1/s1. The highest BCUT2D eigenvalue weighted by Gasteiger charge is 2.42. The number of halogens is 1. The molecule has 1 unspecified atom stereocenters. The number of ether oxygens (including phenoxy) is 1. The number of benzene rings is 1. The van der Waals surface area contributed by atoms with Crippen LogP contribution < -0.4 is 0 Å². The number of hydrogen-bond donors (Lipinski definition) is 2. The number of carbonyl (C=O) groups excluding carboxylic acids is 1. The summed E-state index contributed by atoms with van der Waals surface area (Å²) in [6.07, 6.45) is 6.54. The third-order valence-electron chi connectivity index (χ3n) is 5.81. The molecule has 0 spiro atoms. The van der Waals surface area contributed by atoms with Crippen molar-refractivity contribution in [3.63, 3.8) is 0 Å². The van der Waals surface area contributed by atoms with Crippen LogP contribution in [0.25, 0.3) is 0 Å². The summed E-state index contributed by atoms with van der Waals surface area (Å²) in [6, 6.07) is 5.99. The van der Waals surface area contributed by atoms with Crippen LogP contribution in [0.5, 0.6) is 0 Å². The van der Waals surface area contributed by atoms with Crippen molar-refractivity contribution in [1.29, 1.82) is 0 Å². The molecule has 0 aliphatic heterocycles. The van der Waals surface area contributed by atoms with Crippen LogP contribution in [0.3, 0.4) is 0 Å². The number of carbonyl (C=O) groups is 1. The average molecular weight is 454 g/mol. The molecule has 172 valence electrons. The Balaban J connectivity index is 1.81. The molecule has 1 saturated carbocycles. The second-order valence-electron chi connectivity index (χ2n) is 7.95. The topological polar surface area (TPSA) is 96.2 Å². The van der Waals surface area contributed by atoms with Gasteiger partial charge >= 0.3 is 5.97 Å². The molecule has 31 heavy (non-hydrogen) atoms. The Labute approximate surface area is 187 Å². The van der Waals surface area contributed by atoms with Crippen LogP contribution in [0.4, 0.5) is 4.39 Å². The average Bonchev–Trinajstić information content (AvgIpc) is 3.08. The van der Waals surface area contributed by atoms with Gasteiger partial charge in [0.05, 0.1) is 25.4 Å². The summed E-state index contributed by atoms with van der Waals surface area (Å²) in [5, 5.41) is 24.0. The van der Waals surface area contributed by atoms with Crippen LogP contribution in [-0.2, 0) is 9.53 Å². The fraction of sp³-hybridized carbons (Fsp3) is 0.609. The second-order valence-corrected chi connectivity index (χ2v) is 9.01. The molecule has 0 radical (unpaired) electrons. The van der Waals surface area contributed by atoms with E-state index in [4.69, 9.17) is 0 Å². The molecular formula is C23H32FNO5S. The van der Waals surface area contributed by atoms with Gasteiger partial charge in [-0.1, -0.05) is 29.5 Å². The number of thioether (sulfide) groups is 1. The first-order chi connectivity index (χ1) is 15.0. The minimum Gasteiger partial charge on any atom is -0.469 e. The number of esters is 1. The van der Waals surface area contributed by atoms with E-state index in [9.17, 15) is 24.3 Å². The number of nitroso groups, excluding NO2 is 1. The first-order valence-electron chi connectivity index (χ1n) is 10.7. The molecule has 5 atom stereocenters. The van der Waals surface area contributed by atoms with Crippen molar-refractivity contribution < 1.29 is 24.1 Å². The highest BCUT2D eigenvalue weighted by molar-refractivity contribution is 7.99. The van der Waals surface area contributed by atoms with Crippen molar-refractivity contribution in [2.45, 2.75) is 68.1 Å². The molecule has 1 fully saturated rings. The minimum atomic E-state index is -0.635. The predicted molar refractivity (Wildman–Crippen MR) is 119 cm³/mol. The summed E-state index contributed by atoms with van der Waals surface area (Å²) in [4.78, 5) is 22.9. The Hall–Kier alpha value is -1.77. The zero-order chi connectivity index (χ0) is 22.6. The van der Waals surface area contributed by atoms with Gasteiger partial charge in [0.25, 0.3) is 0 Å². The highest BCUT2D eigenvalue weighted by Crippen LogP contribution is 2.40. The number of aliphatic hydroxyl groups excluding tert-OH is 2. The predicted octanol–water partition coefficient (Wildman–Crippen LogP) is 4.48. The van der Waals surface area contributed by atoms with Gasteiger partial charge in [-0.25, -0.2) is 4.39 Å². The molecule has 2 N–H and O–H groups in total. The molecule has 8 heteroatoms. The van der Waals surface area contributed by atoms with Crippen molar-refractivity contribution in [2.75, 3.05) is 12.9 Å². The molecule has 0 amide bonds. The lowest BCUT2D eigenvalue weighted by Gasteiger charge is -2.23. The largest absolute Gasteiger partial charge is 0.469 e. The number of methoxy groups -OCH3 is 1. The van der Waals surface area contributed by atoms with Gasteiger partial charge in [-0.15, -0.1) is 11.8 Å². The molecule has 0 aromatic heterocycles. The third-order valence-corrected chi connectivity index (χ3v) is 7.01. The quantitative estimate of drug-likeness (QED) is 0.150. The summed E-state index contributed by atoms with van der Waals surface area (Å²) < 4.78 is 18.3. The summed E-state index contributed by atoms with van der Waals surface area (Å²) in [7, 11) is 1.37. The third kappa shape index (κ3) is 8.35. The number of unbranched alkanes of at least 4 members (excludes halogenated alkanes) is 1. The van der Waals surface area contributed by atoms with Crippen LogP contribution in [-0.4, -0.2) is 47.3 Å². The summed E-state index contributed by atoms with van der Waals surface area (Å²) in [6.45, 7) is 0. The van der Waals surface area contributed by atoms with Crippen LogP contribution in [0, 0.1) is 22.6 Å². The first-order valence-corrected chi connectivity index (χ1v) is 11.7. The summed E-state index contributed by atoms with van der Waals surface area (Å²) in [5.74, 6) is -0.361. The van der Waals surface area contributed by atoms with E-state index in [1.807, 2.05) is 12.2 Å². The van der Waals surface area contributed by atoms with Crippen LogP contribution in [0.15, 0.2) is 46.5 Å². The highest BCUT2D eigenvalue weighted by atomic mass is 32.2. The van der Waals surface area contributed by atoms with E-state index in [0.29, 0.717) is 49.2 Å². The maximum Gasteiger partial charge on any atom is 0.305 e. The van der Waals surface area contributed by atoms with Gasteiger partial charge < -0.3 is 14.9 Å². The van der Waals surface area contributed by atoms with Gasteiger partial charge in [-0.2, -0.15) is 4.91 Å². The van der Waals surface area contributed by atoms with Crippen molar-refractivity contribution >= 4 is 17.7 Å². The molecule has 0 saturated heterocycles. The van der Waals surface area contributed by atoms with Gasteiger partial charge in [-0.05, 0) is 62.5 Å². The van der Waals surface area contributed by atoms with E-state index >= 15 is 0 Å². The Morgan fingerprint density at radius 1 is 1.35 bits per heavy atom. The zero-order valence-electron chi connectivity index (χ0n) is 17.9. The maximum absolute atomic E-state index is 13.7. The van der Waals surface area contributed by atoms with Gasteiger partial charge in [-0.3, -0.25) is 4.79 Å². The molecule has 0 heterocycles.